The van der Waals surface area contributed by atoms with Gasteiger partial charge < -0.3 is 9.84 Å². The van der Waals surface area contributed by atoms with Gasteiger partial charge in [-0.1, -0.05) is 18.2 Å². The summed E-state index contributed by atoms with van der Waals surface area (Å²) in [6.45, 7) is 5.27. The van der Waals surface area contributed by atoms with E-state index < -0.39 is 18.2 Å². The number of fused-ring (bicyclic) bond motifs is 1. The lowest BCUT2D eigenvalue weighted by Crippen LogP contribution is -2.37. The van der Waals surface area contributed by atoms with Gasteiger partial charge in [0.15, 0.2) is 5.60 Å². The van der Waals surface area contributed by atoms with E-state index in [1.54, 1.807) is 26.0 Å². The number of carbonyl (C=O) groups is 1. The van der Waals surface area contributed by atoms with E-state index in [4.69, 9.17) is 4.74 Å². The van der Waals surface area contributed by atoms with Crippen LogP contribution in [0.25, 0.3) is 5.69 Å². The number of carboxylic acids is 1. The highest BCUT2D eigenvalue weighted by molar-refractivity contribution is 5.76. The number of carboxylic acid groups (broad SMARTS) is 1. The minimum absolute atomic E-state index is 0.465. The Labute approximate surface area is 187 Å². The van der Waals surface area contributed by atoms with E-state index in [0.717, 1.165) is 43.7 Å². The first kappa shape index (κ1) is 22.0. The summed E-state index contributed by atoms with van der Waals surface area (Å²) in [4.78, 5) is 13.8. The summed E-state index contributed by atoms with van der Waals surface area (Å²) in [5.41, 5.74) is 3.90. The van der Waals surface area contributed by atoms with Gasteiger partial charge in [-0.2, -0.15) is 5.10 Å². The summed E-state index contributed by atoms with van der Waals surface area (Å²) in [5, 5.41) is 13.8. The number of aliphatic carboxylic acids is 1. The lowest BCUT2D eigenvalue weighted by atomic mass is 10.0. The second-order valence-corrected chi connectivity index (χ2v) is 8.72. The molecule has 0 saturated heterocycles. The van der Waals surface area contributed by atoms with Crippen molar-refractivity contribution >= 4 is 5.97 Å². The van der Waals surface area contributed by atoms with E-state index >= 15 is 0 Å². The van der Waals surface area contributed by atoms with Crippen molar-refractivity contribution in [3.63, 3.8) is 0 Å². The lowest BCUT2D eigenvalue weighted by molar-refractivity contribution is -0.152. The van der Waals surface area contributed by atoms with E-state index in [1.807, 2.05) is 47.4 Å². The van der Waals surface area contributed by atoms with Crippen molar-refractivity contribution in [3.05, 3.63) is 77.1 Å². The summed E-state index contributed by atoms with van der Waals surface area (Å²) in [6.07, 6.45) is 5.69. The van der Waals surface area contributed by atoms with Gasteiger partial charge in [0, 0.05) is 31.4 Å². The standard InChI is InChI=1S/C25H28FN3O3/c1-25(2,24(30)31)32-23-8-5-20-9-11-28(12-10-21(20)13-23)16-19-15-27-29(17-19)22-6-3-18(14-26)4-7-22/h3-8,13,15,17H,9-12,14,16H2,1-2H3,(H,30,31). The topological polar surface area (TPSA) is 67.6 Å². The van der Waals surface area contributed by atoms with Gasteiger partial charge in [-0.3, -0.25) is 4.90 Å². The molecule has 1 aliphatic heterocycles. The number of nitrogens with zero attached hydrogens (tertiary/aromatic N) is 3. The van der Waals surface area contributed by atoms with Crippen molar-refractivity contribution in [1.82, 2.24) is 14.7 Å². The zero-order valence-corrected chi connectivity index (χ0v) is 18.4. The molecule has 0 spiro atoms. The molecule has 1 aromatic heterocycles. The Bertz CT molecular complexity index is 1090. The zero-order valence-electron chi connectivity index (χ0n) is 18.4. The lowest BCUT2D eigenvalue weighted by Gasteiger charge is -2.22. The van der Waals surface area contributed by atoms with Crippen LogP contribution < -0.4 is 4.74 Å². The second-order valence-electron chi connectivity index (χ2n) is 8.72. The molecule has 4 rings (SSSR count). The Kier molecular flexibility index (Phi) is 6.28. The minimum Gasteiger partial charge on any atom is -0.478 e. The van der Waals surface area contributed by atoms with E-state index in [1.165, 1.54) is 11.1 Å². The molecule has 2 heterocycles. The van der Waals surface area contributed by atoms with Gasteiger partial charge in [-0.15, -0.1) is 0 Å². The number of ether oxygens (including phenoxy) is 1. The van der Waals surface area contributed by atoms with Crippen molar-refractivity contribution in [3.8, 4) is 11.4 Å². The van der Waals surface area contributed by atoms with E-state index in [2.05, 4.69) is 10.00 Å². The predicted molar refractivity (Wildman–Crippen MR) is 120 cm³/mol. The van der Waals surface area contributed by atoms with Crippen molar-refractivity contribution < 1.29 is 19.0 Å². The molecule has 0 saturated carbocycles. The predicted octanol–water partition coefficient (Wildman–Crippen LogP) is 4.18. The number of aromatic nitrogens is 2. The molecule has 32 heavy (non-hydrogen) atoms. The molecule has 0 fully saturated rings. The Morgan fingerprint density at radius 2 is 1.81 bits per heavy atom. The van der Waals surface area contributed by atoms with Crippen LogP contribution in [0, 0.1) is 0 Å². The van der Waals surface area contributed by atoms with Crippen molar-refractivity contribution in [2.75, 3.05) is 13.1 Å². The number of hydrogen-bond donors (Lipinski definition) is 1. The largest absolute Gasteiger partial charge is 0.478 e. The molecule has 0 aliphatic carbocycles. The van der Waals surface area contributed by atoms with Crippen LogP contribution in [0.3, 0.4) is 0 Å². The van der Waals surface area contributed by atoms with Gasteiger partial charge in [0.2, 0.25) is 0 Å². The van der Waals surface area contributed by atoms with Crippen LogP contribution in [0.5, 0.6) is 5.75 Å². The van der Waals surface area contributed by atoms with Gasteiger partial charge >= 0.3 is 5.97 Å². The average molecular weight is 438 g/mol. The second kappa shape index (κ2) is 9.12. The molecule has 3 aromatic rings. The fourth-order valence-electron chi connectivity index (χ4n) is 3.89. The van der Waals surface area contributed by atoms with Crippen molar-refractivity contribution in [2.24, 2.45) is 0 Å². The number of rotatable bonds is 7. The van der Waals surface area contributed by atoms with Gasteiger partial charge in [-0.05, 0) is 67.6 Å². The quantitative estimate of drug-likeness (QED) is 0.601. The molecule has 0 amide bonds. The van der Waals surface area contributed by atoms with Crippen molar-refractivity contribution in [2.45, 2.75) is 45.5 Å². The summed E-state index contributed by atoms with van der Waals surface area (Å²) in [7, 11) is 0. The SMILES string of the molecule is CC(C)(Oc1ccc2c(c1)CCN(Cc1cnn(-c3ccc(CF)cc3)c1)CC2)C(=O)O. The first-order chi connectivity index (χ1) is 15.3. The molecule has 0 unspecified atom stereocenters. The van der Waals surface area contributed by atoms with Crippen LogP contribution >= 0.6 is 0 Å². The van der Waals surface area contributed by atoms with Crippen LogP contribution in [0.2, 0.25) is 0 Å². The highest BCUT2D eigenvalue weighted by atomic mass is 19.1. The van der Waals surface area contributed by atoms with Crippen LogP contribution in [0.15, 0.2) is 54.9 Å². The zero-order chi connectivity index (χ0) is 22.7. The first-order valence-corrected chi connectivity index (χ1v) is 10.8. The molecule has 0 radical (unpaired) electrons. The number of alkyl halides is 1. The maximum absolute atomic E-state index is 12.7. The Morgan fingerprint density at radius 3 is 2.50 bits per heavy atom. The summed E-state index contributed by atoms with van der Waals surface area (Å²) in [6, 6.07) is 13.2. The van der Waals surface area contributed by atoms with Crippen LogP contribution in [-0.2, 0) is 30.9 Å². The first-order valence-electron chi connectivity index (χ1n) is 10.8. The van der Waals surface area contributed by atoms with Gasteiger partial charge in [0.05, 0.1) is 11.9 Å². The maximum atomic E-state index is 12.7. The van der Waals surface area contributed by atoms with Gasteiger partial charge in [-0.25, -0.2) is 13.9 Å². The Morgan fingerprint density at radius 1 is 1.09 bits per heavy atom. The summed E-state index contributed by atoms with van der Waals surface area (Å²) >= 11 is 0. The summed E-state index contributed by atoms with van der Waals surface area (Å²) < 4.78 is 20.2. The number of benzene rings is 2. The van der Waals surface area contributed by atoms with Crippen LogP contribution in [0.1, 0.15) is 36.1 Å². The average Bonchev–Trinajstić information content (AvgIpc) is 3.15. The molecule has 0 bridgehead atoms. The molecule has 1 N–H and O–H groups in total. The third kappa shape index (κ3) is 4.99. The van der Waals surface area contributed by atoms with Gasteiger partial charge in [0.1, 0.15) is 12.4 Å². The molecule has 168 valence electrons. The molecule has 2 aromatic carbocycles. The third-order valence-corrected chi connectivity index (χ3v) is 5.86. The molecule has 6 nitrogen and oxygen atoms in total. The highest BCUT2D eigenvalue weighted by Gasteiger charge is 2.29. The molecular formula is C25H28FN3O3. The molecule has 1 aliphatic rings. The van der Waals surface area contributed by atoms with Crippen molar-refractivity contribution in [1.29, 1.82) is 0 Å². The van der Waals surface area contributed by atoms with Gasteiger partial charge in [0.25, 0.3) is 0 Å². The maximum Gasteiger partial charge on any atom is 0.347 e. The van der Waals surface area contributed by atoms with Crippen LogP contribution in [0.4, 0.5) is 4.39 Å². The third-order valence-electron chi connectivity index (χ3n) is 5.86. The Balaban J connectivity index is 1.40. The fraction of sp³-hybridized carbons (Fsp3) is 0.360. The highest BCUT2D eigenvalue weighted by Crippen LogP contribution is 2.25. The smallest absolute Gasteiger partial charge is 0.347 e. The minimum atomic E-state index is -1.27. The number of halogens is 1. The monoisotopic (exact) mass is 437 g/mol. The van der Waals surface area contributed by atoms with Crippen LogP contribution in [-0.4, -0.2) is 44.4 Å². The molecular weight excluding hydrogens is 409 g/mol. The van der Waals surface area contributed by atoms with E-state index in [-0.39, 0.29) is 0 Å². The van der Waals surface area contributed by atoms with E-state index in [0.29, 0.717) is 11.3 Å². The molecule has 7 heteroatoms. The Hall–Kier alpha value is -3.19. The van der Waals surface area contributed by atoms with E-state index in [9.17, 15) is 14.3 Å². The normalized spacial score (nSPS) is 14.6. The summed E-state index contributed by atoms with van der Waals surface area (Å²) in [5.74, 6) is -0.401. The molecule has 0 atom stereocenters. The number of hydrogen-bond acceptors (Lipinski definition) is 4. The fourth-order valence-corrected chi connectivity index (χ4v) is 3.89.